The summed E-state index contributed by atoms with van der Waals surface area (Å²) in [6.45, 7) is 6.53. The van der Waals surface area contributed by atoms with Crippen molar-refractivity contribution in [2.45, 2.75) is 25.9 Å². The SMILES string of the molecule is CCC1CN(Cc2nn(C)c3ccccc23)CCN1. The van der Waals surface area contributed by atoms with Gasteiger partial charge in [-0.05, 0) is 12.5 Å². The lowest BCUT2D eigenvalue weighted by molar-refractivity contribution is 0.188. The van der Waals surface area contributed by atoms with Crippen LogP contribution in [-0.4, -0.2) is 40.4 Å². The van der Waals surface area contributed by atoms with Gasteiger partial charge in [0.1, 0.15) is 0 Å². The standard InChI is InChI=1S/C15H22N4/c1-3-12-10-19(9-8-16-12)11-14-13-6-4-5-7-15(13)18(2)17-14/h4-7,12,16H,3,8-11H2,1-2H3. The normalized spacial score (nSPS) is 21.1. The van der Waals surface area contributed by atoms with Crippen molar-refractivity contribution in [3.8, 4) is 0 Å². The highest BCUT2D eigenvalue weighted by molar-refractivity contribution is 5.81. The van der Waals surface area contributed by atoms with Crippen molar-refractivity contribution in [2.75, 3.05) is 19.6 Å². The highest BCUT2D eigenvalue weighted by Crippen LogP contribution is 2.19. The Morgan fingerprint density at radius 1 is 1.37 bits per heavy atom. The van der Waals surface area contributed by atoms with Crippen LogP contribution in [0, 0.1) is 0 Å². The first-order valence-corrected chi connectivity index (χ1v) is 7.14. The molecule has 0 radical (unpaired) electrons. The largest absolute Gasteiger partial charge is 0.311 e. The van der Waals surface area contributed by atoms with Crippen LogP contribution in [0.4, 0.5) is 0 Å². The molecule has 0 spiro atoms. The zero-order valence-electron chi connectivity index (χ0n) is 11.8. The van der Waals surface area contributed by atoms with Gasteiger partial charge in [-0.2, -0.15) is 5.10 Å². The molecule has 0 saturated carbocycles. The van der Waals surface area contributed by atoms with E-state index < -0.39 is 0 Å². The van der Waals surface area contributed by atoms with E-state index in [1.165, 1.54) is 23.0 Å². The Kier molecular flexibility index (Phi) is 3.53. The van der Waals surface area contributed by atoms with Gasteiger partial charge in [-0.15, -0.1) is 0 Å². The molecular weight excluding hydrogens is 236 g/mol. The summed E-state index contributed by atoms with van der Waals surface area (Å²) in [5, 5.41) is 9.54. The molecule has 1 atom stereocenters. The molecule has 2 aromatic rings. The van der Waals surface area contributed by atoms with Crippen LogP contribution in [0.15, 0.2) is 24.3 Å². The van der Waals surface area contributed by atoms with E-state index in [-0.39, 0.29) is 0 Å². The van der Waals surface area contributed by atoms with Gasteiger partial charge in [-0.25, -0.2) is 0 Å². The van der Waals surface area contributed by atoms with Gasteiger partial charge in [0.25, 0.3) is 0 Å². The molecule has 0 amide bonds. The molecular formula is C15H22N4. The summed E-state index contributed by atoms with van der Waals surface area (Å²) in [4.78, 5) is 2.51. The van der Waals surface area contributed by atoms with Crippen LogP contribution in [0.5, 0.6) is 0 Å². The number of piperazine rings is 1. The van der Waals surface area contributed by atoms with Crippen molar-refractivity contribution < 1.29 is 0 Å². The van der Waals surface area contributed by atoms with Crippen molar-refractivity contribution in [1.82, 2.24) is 20.0 Å². The lowest BCUT2D eigenvalue weighted by Gasteiger charge is -2.32. The molecule has 1 fully saturated rings. The van der Waals surface area contributed by atoms with E-state index in [1.807, 2.05) is 11.7 Å². The molecule has 1 aromatic carbocycles. The molecule has 3 rings (SSSR count). The third-order valence-electron chi connectivity index (χ3n) is 4.04. The van der Waals surface area contributed by atoms with Crippen molar-refractivity contribution in [1.29, 1.82) is 0 Å². The van der Waals surface area contributed by atoms with Crippen LogP contribution in [0.3, 0.4) is 0 Å². The number of rotatable bonds is 3. The van der Waals surface area contributed by atoms with E-state index in [0.717, 1.165) is 26.2 Å². The maximum atomic E-state index is 4.69. The first-order chi connectivity index (χ1) is 9.28. The van der Waals surface area contributed by atoms with E-state index in [4.69, 9.17) is 0 Å². The summed E-state index contributed by atoms with van der Waals surface area (Å²) in [7, 11) is 2.03. The highest BCUT2D eigenvalue weighted by Gasteiger charge is 2.19. The lowest BCUT2D eigenvalue weighted by atomic mass is 10.1. The summed E-state index contributed by atoms with van der Waals surface area (Å²) in [5.41, 5.74) is 2.43. The minimum absolute atomic E-state index is 0.628. The Morgan fingerprint density at radius 3 is 3.05 bits per heavy atom. The third kappa shape index (κ3) is 2.51. The van der Waals surface area contributed by atoms with E-state index in [9.17, 15) is 0 Å². The summed E-state index contributed by atoms with van der Waals surface area (Å²) < 4.78 is 1.99. The molecule has 102 valence electrons. The number of hydrogen-bond donors (Lipinski definition) is 1. The smallest absolute Gasteiger partial charge is 0.0843 e. The van der Waals surface area contributed by atoms with Crippen LogP contribution >= 0.6 is 0 Å². The van der Waals surface area contributed by atoms with Crippen LogP contribution in [0.2, 0.25) is 0 Å². The predicted molar refractivity (Wildman–Crippen MR) is 78.1 cm³/mol. The van der Waals surface area contributed by atoms with Crippen molar-refractivity contribution in [3.05, 3.63) is 30.0 Å². The Morgan fingerprint density at radius 2 is 2.21 bits per heavy atom. The number of hydrogen-bond acceptors (Lipinski definition) is 3. The summed E-state index contributed by atoms with van der Waals surface area (Å²) in [5.74, 6) is 0. The number of aryl methyl sites for hydroxylation is 1. The van der Waals surface area contributed by atoms with Crippen LogP contribution in [0.1, 0.15) is 19.0 Å². The maximum absolute atomic E-state index is 4.69. The Labute approximate surface area is 114 Å². The molecule has 1 aliphatic rings. The second-order valence-corrected chi connectivity index (χ2v) is 5.38. The zero-order chi connectivity index (χ0) is 13.2. The van der Waals surface area contributed by atoms with E-state index >= 15 is 0 Å². The fourth-order valence-corrected chi connectivity index (χ4v) is 2.93. The van der Waals surface area contributed by atoms with E-state index in [2.05, 4.69) is 46.5 Å². The fraction of sp³-hybridized carbons (Fsp3) is 0.533. The van der Waals surface area contributed by atoms with Crippen molar-refractivity contribution >= 4 is 10.9 Å². The summed E-state index contributed by atoms with van der Waals surface area (Å²) in [6, 6.07) is 9.12. The van der Waals surface area contributed by atoms with E-state index in [1.54, 1.807) is 0 Å². The average molecular weight is 258 g/mol. The van der Waals surface area contributed by atoms with Gasteiger partial charge >= 0.3 is 0 Å². The fourth-order valence-electron chi connectivity index (χ4n) is 2.93. The van der Waals surface area contributed by atoms with E-state index in [0.29, 0.717) is 6.04 Å². The maximum Gasteiger partial charge on any atom is 0.0843 e. The number of benzene rings is 1. The first kappa shape index (κ1) is 12.6. The second-order valence-electron chi connectivity index (χ2n) is 5.38. The van der Waals surface area contributed by atoms with Gasteiger partial charge in [0.15, 0.2) is 0 Å². The lowest BCUT2D eigenvalue weighted by Crippen LogP contribution is -2.49. The summed E-state index contributed by atoms with van der Waals surface area (Å²) >= 11 is 0. The minimum Gasteiger partial charge on any atom is -0.311 e. The molecule has 19 heavy (non-hydrogen) atoms. The van der Waals surface area contributed by atoms with Crippen LogP contribution < -0.4 is 5.32 Å². The molecule has 4 nitrogen and oxygen atoms in total. The monoisotopic (exact) mass is 258 g/mol. The minimum atomic E-state index is 0.628. The molecule has 1 saturated heterocycles. The Balaban J connectivity index is 1.81. The molecule has 1 N–H and O–H groups in total. The Bertz CT molecular complexity index is 560. The highest BCUT2D eigenvalue weighted by atomic mass is 15.3. The number of aromatic nitrogens is 2. The molecule has 0 aliphatic carbocycles. The number of para-hydroxylation sites is 1. The number of nitrogens with one attached hydrogen (secondary N) is 1. The van der Waals surface area contributed by atoms with Gasteiger partial charge in [0.05, 0.1) is 11.2 Å². The average Bonchev–Trinajstić information content (AvgIpc) is 2.76. The van der Waals surface area contributed by atoms with Gasteiger partial charge in [-0.1, -0.05) is 25.1 Å². The molecule has 1 aliphatic heterocycles. The van der Waals surface area contributed by atoms with Gasteiger partial charge in [0.2, 0.25) is 0 Å². The molecule has 2 heterocycles. The zero-order valence-corrected chi connectivity index (χ0v) is 11.8. The Hall–Kier alpha value is -1.39. The van der Waals surface area contributed by atoms with Crippen LogP contribution in [0.25, 0.3) is 10.9 Å². The first-order valence-electron chi connectivity index (χ1n) is 7.14. The summed E-state index contributed by atoms with van der Waals surface area (Å²) in [6.07, 6.45) is 1.19. The van der Waals surface area contributed by atoms with Crippen LogP contribution in [-0.2, 0) is 13.6 Å². The van der Waals surface area contributed by atoms with Crippen molar-refractivity contribution in [3.63, 3.8) is 0 Å². The number of nitrogens with zero attached hydrogens (tertiary/aromatic N) is 3. The molecule has 1 aromatic heterocycles. The third-order valence-corrected chi connectivity index (χ3v) is 4.04. The van der Waals surface area contributed by atoms with Gasteiger partial charge < -0.3 is 5.32 Å². The topological polar surface area (TPSA) is 33.1 Å². The van der Waals surface area contributed by atoms with Gasteiger partial charge in [0, 0.05) is 44.7 Å². The molecule has 0 bridgehead atoms. The second kappa shape index (κ2) is 5.31. The van der Waals surface area contributed by atoms with Gasteiger partial charge in [-0.3, -0.25) is 9.58 Å². The molecule has 1 unspecified atom stereocenters. The van der Waals surface area contributed by atoms with Crippen molar-refractivity contribution in [2.24, 2.45) is 7.05 Å². The quantitative estimate of drug-likeness (QED) is 0.910. The molecule has 4 heteroatoms. The predicted octanol–water partition coefficient (Wildman–Crippen LogP) is 1.76. The number of fused-ring (bicyclic) bond motifs is 1.